The molecule has 1 aliphatic rings. The van der Waals surface area contributed by atoms with Crippen LogP contribution in [0.15, 0.2) is 0 Å². The second kappa shape index (κ2) is 7.20. The van der Waals surface area contributed by atoms with Gasteiger partial charge in [-0.15, -0.1) is 0 Å². The summed E-state index contributed by atoms with van der Waals surface area (Å²) in [6, 6.07) is 0.121. The molecule has 1 heterocycles. The van der Waals surface area contributed by atoms with E-state index >= 15 is 0 Å². The van der Waals surface area contributed by atoms with Crippen LogP contribution < -0.4 is 10.6 Å². The van der Waals surface area contributed by atoms with E-state index < -0.39 is 5.97 Å². The molecule has 104 valence electrons. The average Bonchev–Trinajstić information content (AvgIpc) is 2.28. The first-order valence-electron chi connectivity index (χ1n) is 6.47. The third kappa shape index (κ3) is 5.35. The van der Waals surface area contributed by atoms with Crippen molar-refractivity contribution in [2.75, 3.05) is 26.2 Å². The number of aliphatic carboxylic acids is 1. The monoisotopic (exact) mass is 257 g/mol. The molecule has 0 aromatic heterocycles. The number of likely N-dealkylation sites (tertiary alicyclic amines) is 1. The van der Waals surface area contributed by atoms with E-state index in [9.17, 15) is 9.59 Å². The zero-order valence-electron chi connectivity index (χ0n) is 11.1. The van der Waals surface area contributed by atoms with Crippen molar-refractivity contribution in [3.8, 4) is 0 Å². The van der Waals surface area contributed by atoms with Gasteiger partial charge in [0.05, 0.1) is 6.54 Å². The summed E-state index contributed by atoms with van der Waals surface area (Å²) in [5.74, 6) is -0.503. The number of nitrogens with zero attached hydrogens (tertiary/aromatic N) is 1. The lowest BCUT2D eigenvalue weighted by atomic mass is 9.98. The van der Waals surface area contributed by atoms with Crippen LogP contribution in [0.4, 0.5) is 4.79 Å². The third-order valence-corrected chi connectivity index (χ3v) is 2.93. The number of carboxylic acid groups (broad SMARTS) is 1. The summed E-state index contributed by atoms with van der Waals surface area (Å²) in [6.07, 6.45) is 2.02. The molecule has 2 amide bonds. The molecule has 6 nitrogen and oxygen atoms in total. The fourth-order valence-corrected chi connectivity index (χ4v) is 2.14. The number of carboxylic acids is 1. The summed E-state index contributed by atoms with van der Waals surface area (Å²) >= 11 is 0. The molecule has 0 radical (unpaired) electrons. The van der Waals surface area contributed by atoms with Crippen molar-refractivity contribution >= 4 is 12.0 Å². The number of rotatable bonds is 5. The highest BCUT2D eigenvalue weighted by atomic mass is 16.4. The Kier molecular flexibility index (Phi) is 5.91. The van der Waals surface area contributed by atoms with E-state index in [-0.39, 0.29) is 18.6 Å². The van der Waals surface area contributed by atoms with Crippen LogP contribution in [0.3, 0.4) is 0 Å². The van der Waals surface area contributed by atoms with Gasteiger partial charge < -0.3 is 20.6 Å². The number of hydrogen-bond donors (Lipinski definition) is 3. The number of urea groups is 1. The molecular weight excluding hydrogens is 234 g/mol. The second-order valence-electron chi connectivity index (χ2n) is 5.08. The quantitative estimate of drug-likeness (QED) is 0.669. The minimum atomic E-state index is -0.847. The van der Waals surface area contributed by atoms with Crippen LogP contribution in [0.5, 0.6) is 0 Å². The van der Waals surface area contributed by atoms with Crippen molar-refractivity contribution in [2.24, 2.45) is 5.92 Å². The topological polar surface area (TPSA) is 81.7 Å². The highest BCUT2D eigenvalue weighted by Crippen LogP contribution is 2.15. The zero-order chi connectivity index (χ0) is 13.5. The molecule has 0 bridgehead atoms. The van der Waals surface area contributed by atoms with Gasteiger partial charge >= 0.3 is 12.0 Å². The molecule has 0 aromatic carbocycles. The Labute approximate surface area is 108 Å². The molecule has 6 heteroatoms. The van der Waals surface area contributed by atoms with Gasteiger partial charge in [0.15, 0.2) is 0 Å². The van der Waals surface area contributed by atoms with Crippen LogP contribution in [0.25, 0.3) is 0 Å². The SMILES string of the molecule is CC(C)NC(=O)N1CCCC(CNCC(=O)O)C1. The van der Waals surface area contributed by atoms with Gasteiger partial charge in [-0.2, -0.15) is 0 Å². The standard InChI is InChI=1S/C12H23N3O3/c1-9(2)14-12(18)15-5-3-4-10(8-15)6-13-7-11(16)17/h9-10,13H,3-8H2,1-2H3,(H,14,18)(H,16,17). The van der Waals surface area contributed by atoms with E-state index in [0.717, 1.165) is 19.4 Å². The molecule has 1 unspecified atom stereocenters. The largest absolute Gasteiger partial charge is 0.480 e. The lowest BCUT2D eigenvalue weighted by Crippen LogP contribution is -2.49. The maximum absolute atomic E-state index is 11.8. The molecular formula is C12H23N3O3. The minimum Gasteiger partial charge on any atom is -0.480 e. The summed E-state index contributed by atoms with van der Waals surface area (Å²) < 4.78 is 0. The second-order valence-corrected chi connectivity index (χ2v) is 5.08. The summed E-state index contributed by atoms with van der Waals surface area (Å²) in [5, 5.41) is 14.3. The summed E-state index contributed by atoms with van der Waals surface area (Å²) in [7, 11) is 0. The van der Waals surface area contributed by atoms with Crippen molar-refractivity contribution in [3.63, 3.8) is 0 Å². The Hall–Kier alpha value is -1.30. The Morgan fingerprint density at radius 1 is 1.44 bits per heavy atom. The number of nitrogens with one attached hydrogen (secondary N) is 2. The number of piperidine rings is 1. The molecule has 18 heavy (non-hydrogen) atoms. The zero-order valence-corrected chi connectivity index (χ0v) is 11.1. The Morgan fingerprint density at radius 2 is 2.17 bits per heavy atom. The van der Waals surface area contributed by atoms with Gasteiger partial charge in [-0.1, -0.05) is 0 Å². The van der Waals surface area contributed by atoms with Gasteiger partial charge in [0.2, 0.25) is 0 Å². The summed E-state index contributed by atoms with van der Waals surface area (Å²) in [6.45, 7) is 5.99. The van der Waals surface area contributed by atoms with Crippen LogP contribution in [-0.4, -0.2) is 54.2 Å². The maximum atomic E-state index is 11.8. The van der Waals surface area contributed by atoms with Crippen molar-refractivity contribution < 1.29 is 14.7 Å². The number of amides is 2. The van der Waals surface area contributed by atoms with Gasteiger partial charge in [-0.05, 0) is 32.6 Å². The Bertz CT molecular complexity index is 294. The van der Waals surface area contributed by atoms with Crippen molar-refractivity contribution in [2.45, 2.75) is 32.7 Å². The van der Waals surface area contributed by atoms with Gasteiger partial charge in [0.25, 0.3) is 0 Å². The summed E-state index contributed by atoms with van der Waals surface area (Å²) in [5.41, 5.74) is 0. The minimum absolute atomic E-state index is 0.0192. The highest BCUT2D eigenvalue weighted by Gasteiger charge is 2.23. The molecule has 1 aliphatic heterocycles. The molecule has 1 fully saturated rings. The normalized spacial score (nSPS) is 19.9. The first kappa shape index (κ1) is 14.8. The van der Waals surface area contributed by atoms with E-state index in [0.29, 0.717) is 19.0 Å². The first-order valence-corrected chi connectivity index (χ1v) is 6.47. The van der Waals surface area contributed by atoms with E-state index in [1.165, 1.54) is 0 Å². The van der Waals surface area contributed by atoms with Crippen molar-refractivity contribution in [3.05, 3.63) is 0 Å². The van der Waals surface area contributed by atoms with Crippen molar-refractivity contribution in [1.82, 2.24) is 15.5 Å². The number of carbonyl (C=O) groups excluding carboxylic acids is 1. The number of hydrogen-bond acceptors (Lipinski definition) is 3. The molecule has 3 N–H and O–H groups in total. The average molecular weight is 257 g/mol. The predicted octanol–water partition coefficient (Wildman–Crippen LogP) is 0.491. The van der Waals surface area contributed by atoms with Gasteiger partial charge in [0, 0.05) is 25.7 Å². The van der Waals surface area contributed by atoms with Gasteiger partial charge in [-0.25, -0.2) is 4.79 Å². The highest BCUT2D eigenvalue weighted by molar-refractivity contribution is 5.74. The maximum Gasteiger partial charge on any atom is 0.317 e. The predicted molar refractivity (Wildman–Crippen MR) is 68.5 cm³/mol. The smallest absolute Gasteiger partial charge is 0.317 e. The van der Waals surface area contributed by atoms with E-state index in [1.807, 2.05) is 18.7 Å². The van der Waals surface area contributed by atoms with E-state index in [1.54, 1.807) is 0 Å². The van der Waals surface area contributed by atoms with Crippen LogP contribution in [-0.2, 0) is 4.79 Å². The Morgan fingerprint density at radius 3 is 2.78 bits per heavy atom. The first-order chi connectivity index (χ1) is 8.49. The van der Waals surface area contributed by atoms with E-state index in [4.69, 9.17) is 5.11 Å². The lowest BCUT2D eigenvalue weighted by molar-refractivity contribution is -0.136. The lowest BCUT2D eigenvalue weighted by Gasteiger charge is -2.33. The molecule has 0 aliphatic carbocycles. The summed E-state index contributed by atoms with van der Waals surface area (Å²) in [4.78, 5) is 24.1. The fourth-order valence-electron chi connectivity index (χ4n) is 2.14. The molecule has 0 spiro atoms. The van der Waals surface area contributed by atoms with Crippen LogP contribution in [0, 0.1) is 5.92 Å². The van der Waals surface area contributed by atoms with Crippen LogP contribution in [0.2, 0.25) is 0 Å². The van der Waals surface area contributed by atoms with Gasteiger partial charge in [-0.3, -0.25) is 4.79 Å². The molecule has 1 atom stereocenters. The van der Waals surface area contributed by atoms with Crippen molar-refractivity contribution in [1.29, 1.82) is 0 Å². The molecule has 1 rings (SSSR count). The third-order valence-electron chi connectivity index (χ3n) is 2.93. The molecule has 0 aromatic rings. The Balaban J connectivity index is 2.31. The molecule has 0 saturated carbocycles. The van der Waals surface area contributed by atoms with E-state index in [2.05, 4.69) is 10.6 Å². The van der Waals surface area contributed by atoms with Crippen LogP contribution in [0.1, 0.15) is 26.7 Å². The van der Waals surface area contributed by atoms with Crippen LogP contribution >= 0.6 is 0 Å². The molecule has 1 saturated heterocycles. The number of carbonyl (C=O) groups is 2. The van der Waals surface area contributed by atoms with Gasteiger partial charge in [0.1, 0.15) is 0 Å². The fraction of sp³-hybridized carbons (Fsp3) is 0.833.